The van der Waals surface area contributed by atoms with Crippen molar-refractivity contribution >= 4 is 21.9 Å². The van der Waals surface area contributed by atoms with Crippen molar-refractivity contribution in [2.75, 3.05) is 13.2 Å². The van der Waals surface area contributed by atoms with Gasteiger partial charge in [0.25, 0.3) is 0 Å². The van der Waals surface area contributed by atoms with E-state index in [0.717, 1.165) is 11.1 Å². The van der Waals surface area contributed by atoms with Gasteiger partial charge in [0.1, 0.15) is 6.61 Å². The maximum absolute atomic E-state index is 11.9. The Morgan fingerprint density at radius 2 is 1.31 bits per heavy atom. The zero-order valence-corrected chi connectivity index (χ0v) is 23.7. The van der Waals surface area contributed by atoms with E-state index in [4.69, 9.17) is 4.74 Å². The van der Waals surface area contributed by atoms with Gasteiger partial charge in [-0.1, -0.05) is 104 Å². The van der Waals surface area contributed by atoms with Crippen LogP contribution in [0, 0.1) is 6.92 Å². The first-order valence-electron chi connectivity index (χ1n) is 12.8. The number of hydrogen-bond donors (Lipinski definition) is 1. The molecular formula is C33H37NO7S. The van der Waals surface area contributed by atoms with Crippen LogP contribution in [0.3, 0.4) is 0 Å². The molecule has 1 aliphatic carbocycles. The van der Waals surface area contributed by atoms with E-state index < -0.39 is 10.1 Å². The molecule has 4 aromatic rings. The predicted octanol–water partition coefficient (Wildman–Crippen LogP) is 5.19. The summed E-state index contributed by atoms with van der Waals surface area (Å²) in [6.45, 7) is 3.55. The second-order valence-corrected chi connectivity index (χ2v) is 10.9. The van der Waals surface area contributed by atoms with Crippen LogP contribution in [0.25, 0.3) is 11.1 Å². The lowest BCUT2D eigenvalue weighted by Gasteiger charge is -2.12. The molecule has 3 N–H and O–H groups in total. The van der Waals surface area contributed by atoms with Crippen molar-refractivity contribution in [2.45, 2.75) is 38.5 Å². The quantitative estimate of drug-likeness (QED) is 0.209. The van der Waals surface area contributed by atoms with Crippen molar-refractivity contribution in [3.63, 3.8) is 0 Å². The van der Waals surface area contributed by atoms with Crippen LogP contribution in [0.1, 0.15) is 42.5 Å². The van der Waals surface area contributed by atoms with Gasteiger partial charge >= 0.3 is 16.1 Å². The van der Waals surface area contributed by atoms with E-state index in [-0.39, 0.29) is 48.4 Å². The summed E-state index contributed by atoms with van der Waals surface area (Å²) < 4.78 is 33.6. The van der Waals surface area contributed by atoms with Crippen LogP contribution in [-0.4, -0.2) is 38.8 Å². The molecule has 1 aliphatic rings. The smallest absolute Gasteiger partial charge is 0.312 e. The number of ketones is 1. The molecule has 0 aromatic heterocycles. The number of aryl methyl sites for hydroxylation is 1. The lowest BCUT2D eigenvalue weighted by Crippen LogP contribution is -2.27. The van der Waals surface area contributed by atoms with E-state index in [9.17, 15) is 18.0 Å². The highest BCUT2D eigenvalue weighted by atomic mass is 32.2. The molecule has 4 aromatic carbocycles. The number of hydroxylamine groups is 1. The Bertz CT molecular complexity index is 1520. The van der Waals surface area contributed by atoms with E-state index in [1.54, 1.807) is 12.1 Å². The molecule has 0 spiro atoms. The molecule has 9 heteroatoms. The molecule has 0 unspecified atom stereocenters. The Labute approximate surface area is 247 Å². The lowest BCUT2D eigenvalue weighted by atomic mass is 9.98. The lowest BCUT2D eigenvalue weighted by molar-refractivity contribution is -0.141. The molecule has 0 amide bonds. The number of carbonyl (C=O) groups is 2. The second kappa shape index (κ2) is 15.7. The molecule has 0 radical (unpaired) electrons. The number of fused-ring (bicyclic) bond motifs is 3. The number of rotatable bonds is 9. The summed E-state index contributed by atoms with van der Waals surface area (Å²) in [5.41, 5.74) is 9.05. The van der Waals surface area contributed by atoms with Crippen molar-refractivity contribution in [1.82, 2.24) is 5.48 Å². The summed E-state index contributed by atoms with van der Waals surface area (Å²) in [7, 11) is -3.91. The molecule has 0 heterocycles. The van der Waals surface area contributed by atoms with E-state index in [0.29, 0.717) is 6.61 Å². The Morgan fingerprint density at radius 3 is 1.86 bits per heavy atom. The summed E-state index contributed by atoms with van der Waals surface area (Å²) in [6.07, 6.45) is 0.224. The average Bonchev–Trinajstić information content (AvgIpc) is 3.26. The summed E-state index contributed by atoms with van der Waals surface area (Å²) >= 11 is 0. The largest absolute Gasteiger partial charge is 0.465 e. The summed E-state index contributed by atoms with van der Waals surface area (Å²) in [4.78, 5) is 22.8. The van der Waals surface area contributed by atoms with Gasteiger partial charge in [0.05, 0.1) is 11.4 Å². The maximum atomic E-state index is 11.9. The van der Waals surface area contributed by atoms with Gasteiger partial charge in [-0.25, -0.2) is 0 Å². The number of Topliss-reactive ketones (excluding diaryl/α,β-unsaturated/α-hetero) is 1. The number of esters is 1. The highest BCUT2D eigenvalue weighted by molar-refractivity contribution is 7.86. The zero-order valence-electron chi connectivity index (χ0n) is 22.9. The fourth-order valence-corrected chi connectivity index (χ4v) is 5.25. The van der Waals surface area contributed by atoms with Crippen molar-refractivity contribution in [3.05, 3.63) is 125 Å². The normalized spacial score (nSPS) is 11.5. The number of nitrogens with one attached hydrogen (secondary N) is 1. The van der Waals surface area contributed by atoms with Gasteiger partial charge in [0.15, 0.2) is 5.78 Å². The molecule has 0 aliphatic heterocycles. The third kappa shape index (κ3) is 8.92. The topological polar surface area (TPSA) is 130 Å². The Morgan fingerprint density at radius 1 is 0.786 bits per heavy atom. The average molecular weight is 592 g/mol. The van der Waals surface area contributed by atoms with Crippen molar-refractivity contribution < 1.29 is 32.5 Å². The van der Waals surface area contributed by atoms with Gasteiger partial charge < -0.3 is 10.2 Å². The summed E-state index contributed by atoms with van der Waals surface area (Å²) in [6, 6.07) is 32.1. The first-order valence-corrected chi connectivity index (χ1v) is 14.3. The predicted molar refractivity (Wildman–Crippen MR) is 163 cm³/mol. The standard InChI is InChI=1S/C16H17NO4S.C16H14O2.CH4.H2O/c1-13-7-9-16(10-8-13)22(19,20)21-17-12-15(18)11-14-5-3-2-4-6-14;1-11(17)18-10-16-14-8-4-2-6-12(14)13-7-3-5-9-15(13)16;;/h2-10,17H,11-12H2,1H3;2-9,16H,10H2,1H3;1H4;1H2. The van der Waals surface area contributed by atoms with E-state index in [1.807, 2.05) is 61.5 Å². The number of hydrogen-bond acceptors (Lipinski definition) is 7. The zero-order chi connectivity index (χ0) is 28.5. The molecule has 0 atom stereocenters. The van der Waals surface area contributed by atoms with Crippen LogP contribution < -0.4 is 5.48 Å². The van der Waals surface area contributed by atoms with Crippen LogP contribution >= 0.6 is 0 Å². The highest BCUT2D eigenvalue weighted by Gasteiger charge is 2.28. The minimum atomic E-state index is -3.91. The summed E-state index contributed by atoms with van der Waals surface area (Å²) in [5, 5.41) is 0. The van der Waals surface area contributed by atoms with E-state index in [1.165, 1.54) is 41.3 Å². The molecule has 0 bridgehead atoms. The van der Waals surface area contributed by atoms with Gasteiger partial charge in [-0.05, 0) is 46.9 Å². The van der Waals surface area contributed by atoms with Gasteiger partial charge in [0, 0.05) is 19.3 Å². The first-order chi connectivity index (χ1) is 19.2. The number of benzene rings is 4. The van der Waals surface area contributed by atoms with Crippen LogP contribution in [0.5, 0.6) is 0 Å². The van der Waals surface area contributed by atoms with Crippen molar-refractivity contribution in [3.8, 4) is 11.1 Å². The summed E-state index contributed by atoms with van der Waals surface area (Å²) in [5.74, 6) is -0.219. The molecule has 0 saturated heterocycles. The Balaban J connectivity index is 0.000000284. The first kappa shape index (κ1) is 34.1. The fraction of sp³-hybridized carbons (Fsp3) is 0.212. The van der Waals surface area contributed by atoms with Crippen molar-refractivity contribution in [2.24, 2.45) is 0 Å². The molecule has 5 rings (SSSR count). The minimum Gasteiger partial charge on any atom is -0.465 e. The van der Waals surface area contributed by atoms with E-state index >= 15 is 0 Å². The number of carbonyl (C=O) groups excluding carboxylic acids is 2. The van der Waals surface area contributed by atoms with Crippen LogP contribution in [-0.2, 0) is 35.1 Å². The fourth-order valence-electron chi connectivity index (χ4n) is 4.47. The third-order valence-electron chi connectivity index (χ3n) is 6.41. The van der Waals surface area contributed by atoms with Gasteiger partial charge in [0.2, 0.25) is 0 Å². The van der Waals surface area contributed by atoms with Crippen molar-refractivity contribution in [1.29, 1.82) is 0 Å². The minimum absolute atomic E-state index is 0. The maximum Gasteiger partial charge on any atom is 0.312 e. The Kier molecular flexibility index (Phi) is 12.8. The van der Waals surface area contributed by atoms with Gasteiger partial charge in [-0.15, -0.1) is 0 Å². The molecule has 0 fully saturated rings. The van der Waals surface area contributed by atoms with Crippen LogP contribution in [0.2, 0.25) is 0 Å². The molecular weight excluding hydrogens is 554 g/mol. The highest BCUT2D eigenvalue weighted by Crippen LogP contribution is 2.44. The molecule has 8 nitrogen and oxygen atoms in total. The van der Waals surface area contributed by atoms with Gasteiger partial charge in [-0.2, -0.15) is 18.2 Å². The van der Waals surface area contributed by atoms with Gasteiger partial charge in [-0.3, -0.25) is 9.59 Å². The number of ether oxygens (including phenoxy) is 1. The van der Waals surface area contributed by atoms with Crippen LogP contribution in [0.4, 0.5) is 0 Å². The SMILES string of the molecule is C.CC(=O)OCC1c2ccccc2-c2ccccc21.Cc1ccc(S(=O)(=O)ONCC(=O)Cc2ccccc2)cc1.O. The van der Waals surface area contributed by atoms with Crippen LogP contribution in [0.15, 0.2) is 108 Å². The van der Waals surface area contributed by atoms with E-state index in [2.05, 4.69) is 34.0 Å². The Hall–Kier alpha value is -4.15. The third-order valence-corrected chi connectivity index (χ3v) is 7.59. The monoisotopic (exact) mass is 591 g/mol. The molecule has 0 saturated carbocycles. The second-order valence-electron chi connectivity index (χ2n) is 9.40. The molecule has 222 valence electrons. The molecule has 42 heavy (non-hydrogen) atoms.